The molecule has 3 fully saturated rings. The Morgan fingerprint density at radius 2 is 2.00 bits per heavy atom. The lowest BCUT2D eigenvalue weighted by Gasteiger charge is -2.67. The van der Waals surface area contributed by atoms with E-state index in [-0.39, 0.29) is 16.9 Å². The highest BCUT2D eigenvalue weighted by atomic mass is 16.5. The molecule has 0 atom stereocenters. The van der Waals surface area contributed by atoms with Crippen LogP contribution in [0.25, 0.3) is 0 Å². The molecular weight excluding hydrogens is 216 g/mol. The molecule has 4 nitrogen and oxygen atoms in total. The third-order valence-electron chi connectivity index (χ3n) is 3.82. The van der Waals surface area contributed by atoms with Crippen LogP contribution in [0.3, 0.4) is 0 Å². The Kier molecular flexibility index (Phi) is 2.76. The predicted octanol–water partition coefficient (Wildman–Crippen LogP) is 2.27. The number of aryl methyl sites for hydroxylation is 1. The summed E-state index contributed by atoms with van der Waals surface area (Å²) in [5, 5.41) is 4.33. The van der Waals surface area contributed by atoms with Crippen molar-refractivity contribution in [2.45, 2.75) is 45.6 Å². The van der Waals surface area contributed by atoms with Crippen molar-refractivity contribution in [2.24, 2.45) is 5.41 Å². The second-order valence-electron chi connectivity index (χ2n) is 4.99. The fraction of sp³-hybridized carbons (Fsp3) is 0.692. The lowest BCUT2D eigenvalue weighted by atomic mass is 9.39. The highest BCUT2D eigenvalue weighted by Crippen LogP contribution is 2.71. The number of esters is 1. The summed E-state index contributed by atoms with van der Waals surface area (Å²) in [6.45, 7) is 6.03. The van der Waals surface area contributed by atoms with Gasteiger partial charge in [0.05, 0.1) is 24.3 Å². The summed E-state index contributed by atoms with van der Waals surface area (Å²) < 4.78 is 6.83. The Hall–Kier alpha value is -1.32. The van der Waals surface area contributed by atoms with Gasteiger partial charge in [0.1, 0.15) is 0 Å². The minimum absolute atomic E-state index is 0.0479. The number of carbonyl (C=O) groups excluding carboxylic acids is 1. The van der Waals surface area contributed by atoms with E-state index >= 15 is 0 Å². The lowest BCUT2D eigenvalue weighted by Crippen LogP contribution is -2.71. The maximum atomic E-state index is 11.5. The number of hydrogen-bond donors (Lipinski definition) is 0. The molecule has 0 aromatic carbocycles. The van der Waals surface area contributed by atoms with Gasteiger partial charge in [0.15, 0.2) is 0 Å². The first-order valence-corrected chi connectivity index (χ1v) is 6.21. The topological polar surface area (TPSA) is 44.1 Å². The predicted molar refractivity (Wildman–Crippen MR) is 64.6 cm³/mol. The van der Waals surface area contributed by atoms with Crippen molar-refractivity contribution in [3.63, 3.8) is 0 Å². The molecule has 0 radical (unpaired) electrons. The van der Waals surface area contributed by atoms with Crippen molar-refractivity contribution in [3.05, 3.63) is 18.0 Å². The number of nitrogens with zero attached hydrogens (tertiary/aromatic N) is 2. The summed E-state index contributed by atoms with van der Waals surface area (Å²) >= 11 is 0. The number of methoxy groups -OCH3 is 1. The van der Waals surface area contributed by atoms with Crippen molar-refractivity contribution >= 4 is 5.97 Å². The van der Waals surface area contributed by atoms with E-state index in [2.05, 4.69) is 11.3 Å². The molecule has 2 bridgehead atoms. The molecule has 4 heteroatoms. The zero-order valence-electron chi connectivity index (χ0n) is 11.0. The summed E-state index contributed by atoms with van der Waals surface area (Å²) in [5.41, 5.74) is 1.13. The largest absolute Gasteiger partial charge is 0.469 e. The molecule has 1 aromatic rings. The molecular formula is C13H20N2O2. The minimum atomic E-state index is -0.172. The Labute approximate surface area is 102 Å². The van der Waals surface area contributed by atoms with Crippen molar-refractivity contribution in [1.29, 1.82) is 0 Å². The smallest absolute Gasteiger partial charge is 0.312 e. The van der Waals surface area contributed by atoms with Gasteiger partial charge in [0, 0.05) is 6.20 Å². The molecule has 0 spiro atoms. The number of carbonyl (C=O) groups is 1. The number of rotatable bonds is 2. The molecule has 0 aliphatic heterocycles. The molecule has 1 aromatic heterocycles. The van der Waals surface area contributed by atoms with Gasteiger partial charge < -0.3 is 4.74 Å². The molecule has 17 heavy (non-hydrogen) atoms. The average Bonchev–Trinajstić information content (AvgIpc) is 2.64. The summed E-state index contributed by atoms with van der Waals surface area (Å²) in [4.78, 5) is 11.5. The van der Waals surface area contributed by atoms with E-state index in [9.17, 15) is 4.79 Å². The normalized spacial score (nSPS) is 32.7. The molecule has 0 amide bonds. The Morgan fingerprint density at radius 1 is 1.41 bits per heavy atom. The van der Waals surface area contributed by atoms with E-state index in [0.717, 1.165) is 19.3 Å². The van der Waals surface area contributed by atoms with Crippen molar-refractivity contribution in [1.82, 2.24) is 9.78 Å². The third-order valence-corrected chi connectivity index (χ3v) is 3.82. The number of hydrogen-bond acceptors (Lipinski definition) is 3. The van der Waals surface area contributed by atoms with Crippen LogP contribution in [0.4, 0.5) is 0 Å². The molecule has 0 saturated heterocycles. The quantitative estimate of drug-likeness (QED) is 0.740. The fourth-order valence-corrected chi connectivity index (χ4v) is 3.08. The van der Waals surface area contributed by atoms with Gasteiger partial charge in [-0.05, 0) is 31.7 Å². The van der Waals surface area contributed by atoms with E-state index in [4.69, 9.17) is 4.74 Å². The minimum Gasteiger partial charge on any atom is -0.469 e. The van der Waals surface area contributed by atoms with E-state index in [0.29, 0.717) is 0 Å². The molecule has 1 heterocycles. The average molecular weight is 236 g/mol. The van der Waals surface area contributed by atoms with Gasteiger partial charge in [-0.15, -0.1) is 0 Å². The molecule has 0 unspecified atom stereocenters. The second-order valence-corrected chi connectivity index (χ2v) is 4.99. The number of ether oxygens (including phenoxy) is 1. The van der Waals surface area contributed by atoms with Gasteiger partial charge in [-0.1, -0.05) is 13.8 Å². The Balaban J connectivity index is 0.000000514. The molecule has 3 aliphatic rings. The van der Waals surface area contributed by atoms with Crippen LogP contribution in [-0.4, -0.2) is 22.9 Å². The summed E-state index contributed by atoms with van der Waals surface area (Å²) in [7, 11) is 1.47. The first-order chi connectivity index (χ1) is 8.10. The summed E-state index contributed by atoms with van der Waals surface area (Å²) in [6.07, 6.45) is 6.61. The highest BCUT2D eigenvalue weighted by Gasteiger charge is 2.73. The molecule has 0 N–H and O–H groups in total. The Bertz CT molecular complexity index is 417. The van der Waals surface area contributed by atoms with Crippen molar-refractivity contribution < 1.29 is 9.53 Å². The zero-order chi connectivity index (χ0) is 12.7. The highest BCUT2D eigenvalue weighted by molar-refractivity contribution is 5.81. The van der Waals surface area contributed by atoms with Crippen molar-refractivity contribution in [2.75, 3.05) is 7.11 Å². The molecule has 3 saturated carbocycles. The monoisotopic (exact) mass is 236 g/mol. The standard InChI is InChI=1S/C11H14N2O2.C2H6/c1-8-3-12-13(4-8)11-5-10(6-11,7-11)9(14)15-2;1-2/h3-4H,5-7H2,1-2H3;1-2H3. The van der Waals surface area contributed by atoms with Crippen LogP contribution in [0, 0.1) is 12.3 Å². The van der Waals surface area contributed by atoms with Crippen LogP contribution in [0.5, 0.6) is 0 Å². The van der Waals surface area contributed by atoms with Crippen LogP contribution < -0.4 is 0 Å². The van der Waals surface area contributed by atoms with Gasteiger partial charge in [0.2, 0.25) is 0 Å². The molecule has 94 valence electrons. The van der Waals surface area contributed by atoms with Crippen LogP contribution in [0.15, 0.2) is 12.4 Å². The van der Waals surface area contributed by atoms with Crippen LogP contribution >= 0.6 is 0 Å². The molecule has 4 rings (SSSR count). The maximum Gasteiger partial charge on any atom is 0.312 e. The van der Waals surface area contributed by atoms with E-state index in [1.165, 1.54) is 12.7 Å². The zero-order valence-corrected chi connectivity index (χ0v) is 11.0. The second kappa shape index (κ2) is 3.86. The SMILES string of the molecule is CC.COC(=O)C12CC(n3cc(C)cn3)(C1)C2. The van der Waals surface area contributed by atoms with Gasteiger partial charge >= 0.3 is 5.97 Å². The maximum absolute atomic E-state index is 11.5. The molecule has 3 aliphatic carbocycles. The summed E-state index contributed by atoms with van der Waals surface area (Å²) in [6, 6.07) is 0. The fourth-order valence-electron chi connectivity index (χ4n) is 3.08. The van der Waals surface area contributed by atoms with Crippen LogP contribution in [0.1, 0.15) is 38.7 Å². The van der Waals surface area contributed by atoms with Crippen molar-refractivity contribution in [3.8, 4) is 0 Å². The van der Waals surface area contributed by atoms with E-state index in [1.807, 2.05) is 31.6 Å². The van der Waals surface area contributed by atoms with Gasteiger partial charge in [-0.25, -0.2) is 0 Å². The van der Waals surface area contributed by atoms with Gasteiger partial charge in [0.25, 0.3) is 0 Å². The van der Waals surface area contributed by atoms with Crippen LogP contribution in [0.2, 0.25) is 0 Å². The first kappa shape index (κ1) is 12.1. The number of aromatic nitrogens is 2. The third kappa shape index (κ3) is 1.50. The lowest BCUT2D eigenvalue weighted by molar-refractivity contribution is -0.219. The first-order valence-electron chi connectivity index (χ1n) is 6.21. The summed E-state index contributed by atoms with van der Waals surface area (Å²) in [5.74, 6) is -0.0479. The van der Waals surface area contributed by atoms with Gasteiger partial charge in [-0.2, -0.15) is 5.10 Å². The van der Waals surface area contributed by atoms with E-state index < -0.39 is 0 Å². The van der Waals surface area contributed by atoms with Gasteiger partial charge in [-0.3, -0.25) is 9.48 Å². The van der Waals surface area contributed by atoms with E-state index in [1.54, 1.807) is 0 Å². The Morgan fingerprint density at radius 3 is 2.41 bits per heavy atom. The van der Waals surface area contributed by atoms with Crippen LogP contribution in [-0.2, 0) is 15.1 Å².